The molecule has 1 heterocycles. The maximum Gasteiger partial charge on any atom is 0.185 e. The van der Waals surface area contributed by atoms with Gasteiger partial charge in [-0.2, -0.15) is 5.26 Å². The molecule has 1 N–H and O–H groups in total. The van der Waals surface area contributed by atoms with Crippen molar-refractivity contribution < 1.29 is 0 Å². The fourth-order valence-electron chi connectivity index (χ4n) is 1.85. The van der Waals surface area contributed by atoms with Gasteiger partial charge in [0.2, 0.25) is 0 Å². The van der Waals surface area contributed by atoms with E-state index >= 15 is 0 Å². The maximum atomic E-state index is 8.89. The lowest BCUT2D eigenvalue weighted by Crippen LogP contribution is -2.13. The average Bonchev–Trinajstić information content (AvgIpc) is 2.47. The molecule has 20 heavy (non-hydrogen) atoms. The van der Waals surface area contributed by atoms with Gasteiger partial charge in [-0.05, 0) is 18.9 Å². The van der Waals surface area contributed by atoms with Crippen LogP contribution in [0.3, 0.4) is 0 Å². The van der Waals surface area contributed by atoms with Gasteiger partial charge in [0.1, 0.15) is 17.5 Å². The highest BCUT2D eigenvalue weighted by molar-refractivity contribution is 5.51. The molecule has 5 nitrogen and oxygen atoms in total. The quantitative estimate of drug-likeness (QED) is 0.665. The Balaban J connectivity index is 1.99. The molecular formula is C15H17N5. The Kier molecular flexibility index (Phi) is 4.51. The van der Waals surface area contributed by atoms with Crippen LogP contribution in [0.5, 0.6) is 0 Å². The van der Waals surface area contributed by atoms with Crippen LogP contribution in [-0.2, 0) is 6.42 Å². The Morgan fingerprint density at radius 3 is 2.70 bits per heavy atom. The van der Waals surface area contributed by atoms with E-state index in [1.807, 2.05) is 31.3 Å². The highest BCUT2D eigenvalue weighted by atomic mass is 15.2. The lowest BCUT2D eigenvalue weighted by molar-refractivity contribution is 0.970. The molecule has 0 unspecified atom stereocenters. The Bertz CT molecular complexity index is 603. The standard InChI is InChI=1S/C15H17N5/c1-12-18-14(10-15(19-12)20(2)11-16)17-9-8-13-6-4-3-5-7-13/h3-7,10H,8-9H2,1-2H3,(H,17,18,19). The van der Waals surface area contributed by atoms with Crippen LogP contribution >= 0.6 is 0 Å². The van der Waals surface area contributed by atoms with E-state index in [2.05, 4.69) is 27.4 Å². The highest BCUT2D eigenvalue weighted by Crippen LogP contribution is 2.14. The number of nitrogens with zero attached hydrogens (tertiary/aromatic N) is 4. The van der Waals surface area contributed by atoms with Crippen LogP contribution < -0.4 is 10.2 Å². The topological polar surface area (TPSA) is 64.8 Å². The molecule has 0 aliphatic rings. The summed E-state index contributed by atoms with van der Waals surface area (Å²) in [6, 6.07) is 12.0. The van der Waals surface area contributed by atoms with E-state index < -0.39 is 0 Å². The predicted octanol–water partition coefficient (Wildman–Crippen LogP) is 2.36. The summed E-state index contributed by atoms with van der Waals surface area (Å²) >= 11 is 0. The van der Waals surface area contributed by atoms with Gasteiger partial charge in [0.15, 0.2) is 6.19 Å². The van der Waals surface area contributed by atoms with Crippen molar-refractivity contribution in [1.82, 2.24) is 9.97 Å². The third-order valence-corrected chi connectivity index (χ3v) is 2.88. The zero-order valence-corrected chi connectivity index (χ0v) is 11.7. The first-order valence-corrected chi connectivity index (χ1v) is 6.46. The molecule has 0 aliphatic heterocycles. The number of anilines is 2. The monoisotopic (exact) mass is 267 g/mol. The molecule has 1 aromatic carbocycles. The summed E-state index contributed by atoms with van der Waals surface area (Å²) in [4.78, 5) is 9.96. The van der Waals surface area contributed by atoms with Crippen LogP contribution in [0.1, 0.15) is 11.4 Å². The summed E-state index contributed by atoms with van der Waals surface area (Å²) in [5.74, 6) is 1.99. The second kappa shape index (κ2) is 6.53. The molecule has 0 spiro atoms. The van der Waals surface area contributed by atoms with Gasteiger partial charge in [-0.3, -0.25) is 4.90 Å². The number of aromatic nitrogens is 2. The normalized spacial score (nSPS) is 9.85. The first kappa shape index (κ1) is 13.8. The van der Waals surface area contributed by atoms with Gasteiger partial charge >= 0.3 is 0 Å². The number of nitriles is 1. The van der Waals surface area contributed by atoms with Crippen molar-refractivity contribution in [1.29, 1.82) is 5.26 Å². The van der Waals surface area contributed by atoms with Crippen molar-refractivity contribution in [3.63, 3.8) is 0 Å². The minimum absolute atomic E-state index is 0.599. The van der Waals surface area contributed by atoms with Gasteiger partial charge in [-0.1, -0.05) is 30.3 Å². The molecule has 0 saturated carbocycles. The molecule has 0 saturated heterocycles. The summed E-state index contributed by atoms with van der Waals surface area (Å²) in [6.07, 6.45) is 2.96. The molecule has 0 amide bonds. The predicted molar refractivity (Wildman–Crippen MR) is 79.4 cm³/mol. The third kappa shape index (κ3) is 3.69. The molecule has 102 valence electrons. The number of benzene rings is 1. The molecule has 0 radical (unpaired) electrons. The molecule has 0 aliphatic carbocycles. The molecule has 0 bridgehead atoms. The average molecular weight is 267 g/mol. The van der Waals surface area contributed by atoms with Crippen LogP contribution in [0, 0.1) is 18.4 Å². The smallest absolute Gasteiger partial charge is 0.185 e. The van der Waals surface area contributed by atoms with Crippen molar-refractivity contribution in [3.05, 3.63) is 47.8 Å². The van der Waals surface area contributed by atoms with E-state index in [0.29, 0.717) is 11.6 Å². The van der Waals surface area contributed by atoms with E-state index in [0.717, 1.165) is 18.8 Å². The van der Waals surface area contributed by atoms with Crippen molar-refractivity contribution in [2.45, 2.75) is 13.3 Å². The minimum atomic E-state index is 0.599. The molecule has 5 heteroatoms. The number of rotatable bonds is 5. The molecule has 1 aromatic heterocycles. The Hall–Kier alpha value is -2.61. The van der Waals surface area contributed by atoms with Crippen LogP contribution in [-0.4, -0.2) is 23.6 Å². The molecular weight excluding hydrogens is 250 g/mol. The third-order valence-electron chi connectivity index (χ3n) is 2.88. The van der Waals surface area contributed by atoms with E-state index in [4.69, 9.17) is 5.26 Å². The zero-order chi connectivity index (χ0) is 14.4. The summed E-state index contributed by atoms with van der Waals surface area (Å²) in [5.41, 5.74) is 1.28. The SMILES string of the molecule is Cc1nc(NCCc2ccccc2)cc(N(C)C#N)n1. The van der Waals surface area contributed by atoms with Crippen molar-refractivity contribution in [3.8, 4) is 6.19 Å². The second-order valence-corrected chi connectivity index (χ2v) is 4.48. The second-order valence-electron chi connectivity index (χ2n) is 4.48. The molecule has 0 fully saturated rings. The summed E-state index contributed by atoms with van der Waals surface area (Å²) < 4.78 is 0. The largest absolute Gasteiger partial charge is 0.370 e. The number of hydrogen-bond donors (Lipinski definition) is 1. The van der Waals surface area contributed by atoms with Gasteiger partial charge in [0.05, 0.1) is 0 Å². The maximum absolute atomic E-state index is 8.89. The lowest BCUT2D eigenvalue weighted by Gasteiger charge is -2.11. The van der Waals surface area contributed by atoms with Gasteiger partial charge in [-0.25, -0.2) is 9.97 Å². The first-order chi connectivity index (χ1) is 9.69. The van der Waals surface area contributed by atoms with E-state index in [1.165, 1.54) is 10.5 Å². The Morgan fingerprint density at radius 1 is 1.25 bits per heavy atom. The van der Waals surface area contributed by atoms with E-state index in [-0.39, 0.29) is 0 Å². The Morgan fingerprint density at radius 2 is 2.00 bits per heavy atom. The number of hydrogen-bond acceptors (Lipinski definition) is 5. The van der Waals surface area contributed by atoms with Crippen LogP contribution in [0.2, 0.25) is 0 Å². The first-order valence-electron chi connectivity index (χ1n) is 6.46. The summed E-state index contributed by atoms with van der Waals surface area (Å²) in [7, 11) is 1.68. The van der Waals surface area contributed by atoms with E-state index in [1.54, 1.807) is 13.1 Å². The van der Waals surface area contributed by atoms with Crippen LogP contribution in [0.25, 0.3) is 0 Å². The minimum Gasteiger partial charge on any atom is -0.370 e. The number of nitrogens with one attached hydrogen (secondary N) is 1. The molecule has 2 rings (SSSR count). The summed E-state index contributed by atoms with van der Waals surface area (Å²) in [6.45, 7) is 2.60. The number of aryl methyl sites for hydroxylation is 1. The van der Waals surface area contributed by atoms with Gasteiger partial charge < -0.3 is 5.32 Å². The van der Waals surface area contributed by atoms with Crippen molar-refractivity contribution >= 4 is 11.6 Å². The van der Waals surface area contributed by atoms with Crippen LogP contribution in [0.15, 0.2) is 36.4 Å². The fourth-order valence-corrected chi connectivity index (χ4v) is 1.85. The van der Waals surface area contributed by atoms with Crippen molar-refractivity contribution in [2.75, 3.05) is 23.8 Å². The zero-order valence-electron chi connectivity index (χ0n) is 11.7. The Labute approximate surface area is 118 Å². The molecule has 0 atom stereocenters. The van der Waals surface area contributed by atoms with E-state index in [9.17, 15) is 0 Å². The highest BCUT2D eigenvalue weighted by Gasteiger charge is 2.05. The van der Waals surface area contributed by atoms with Crippen molar-refractivity contribution in [2.24, 2.45) is 0 Å². The van der Waals surface area contributed by atoms with Gasteiger partial charge in [0, 0.05) is 19.7 Å². The van der Waals surface area contributed by atoms with Gasteiger partial charge in [-0.15, -0.1) is 0 Å². The molecule has 2 aromatic rings. The summed E-state index contributed by atoms with van der Waals surface area (Å²) in [5, 5.41) is 12.2. The fraction of sp³-hybridized carbons (Fsp3) is 0.267. The lowest BCUT2D eigenvalue weighted by atomic mass is 10.1. The van der Waals surface area contributed by atoms with Crippen LogP contribution in [0.4, 0.5) is 11.6 Å². The van der Waals surface area contributed by atoms with Gasteiger partial charge in [0.25, 0.3) is 0 Å².